The molecule has 0 N–H and O–H groups in total. The molecule has 3 nitrogen and oxygen atoms in total. The van der Waals surface area contributed by atoms with Gasteiger partial charge in [-0.1, -0.05) is 42.5 Å². The van der Waals surface area contributed by atoms with E-state index < -0.39 is 0 Å². The second kappa shape index (κ2) is 5.74. The van der Waals surface area contributed by atoms with E-state index in [4.69, 9.17) is 0 Å². The molecule has 0 amide bonds. The van der Waals surface area contributed by atoms with Gasteiger partial charge in [-0.2, -0.15) is 4.98 Å². The molecule has 4 aromatic rings. The van der Waals surface area contributed by atoms with Crippen LogP contribution in [0.1, 0.15) is 0 Å². The molecule has 0 bridgehead atoms. The molecular weight excluding hydrogens is 304 g/mol. The van der Waals surface area contributed by atoms with Crippen molar-refractivity contribution in [2.24, 2.45) is 0 Å². The third kappa shape index (κ3) is 2.64. The van der Waals surface area contributed by atoms with Gasteiger partial charge in [-0.15, -0.1) is 11.3 Å². The lowest BCUT2D eigenvalue weighted by Gasteiger charge is -2.05. The van der Waals surface area contributed by atoms with Crippen LogP contribution in [0.4, 0.5) is 0 Å². The molecule has 0 aliphatic rings. The molecule has 4 heteroatoms. The minimum Gasteiger partial charge on any atom is -0.267 e. The van der Waals surface area contributed by atoms with Gasteiger partial charge in [0.15, 0.2) is 0 Å². The van der Waals surface area contributed by atoms with Crippen LogP contribution < -0.4 is 5.56 Å². The van der Waals surface area contributed by atoms with Crippen molar-refractivity contribution in [2.75, 3.05) is 0 Å². The van der Waals surface area contributed by atoms with Gasteiger partial charge in [0.1, 0.15) is 5.01 Å². The van der Waals surface area contributed by atoms with Crippen LogP contribution in [0.2, 0.25) is 0 Å². The molecule has 0 atom stereocenters. The Hall–Kier alpha value is -2.85. The molecule has 0 aliphatic carbocycles. The molecule has 2 heterocycles. The maximum absolute atomic E-state index is 12.2. The second-order valence-corrected chi connectivity index (χ2v) is 6.15. The van der Waals surface area contributed by atoms with Crippen molar-refractivity contribution in [3.63, 3.8) is 0 Å². The molecule has 4 rings (SSSR count). The van der Waals surface area contributed by atoms with Gasteiger partial charge in [0.25, 0.3) is 5.56 Å². The van der Waals surface area contributed by atoms with Gasteiger partial charge in [-0.3, -0.25) is 9.78 Å². The summed E-state index contributed by atoms with van der Waals surface area (Å²) >= 11 is 1.52. The Bertz CT molecular complexity index is 1040. The Labute approximate surface area is 136 Å². The minimum absolute atomic E-state index is 0.188. The molecule has 0 saturated carbocycles. The maximum Gasteiger partial charge on any atom is 0.279 e. The summed E-state index contributed by atoms with van der Waals surface area (Å²) in [5.41, 5.74) is 2.64. The van der Waals surface area contributed by atoms with E-state index in [-0.39, 0.29) is 5.56 Å². The highest BCUT2D eigenvalue weighted by molar-refractivity contribution is 7.21. The van der Waals surface area contributed by atoms with E-state index in [1.165, 1.54) is 11.3 Å². The quantitative estimate of drug-likeness (QED) is 0.551. The summed E-state index contributed by atoms with van der Waals surface area (Å²) in [5.74, 6) is 0. The van der Waals surface area contributed by atoms with Crippen molar-refractivity contribution < 1.29 is 0 Å². The topological polar surface area (TPSA) is 42.9 Å². The summed E-state index contributed by atoms with van der Waals surface area (Å²) in [5, 5.41) is 1.38. The molecule has 0 radical (unpaired) electrons. The fourth-order valence-corrected chi connectivity index (χ4v) is 3.46. The van der Waals surface area contributed by atoms with Crippen LogP contribution >= 0.6 is 11.3 Å². The summed E-state index contributed by atoms with van der Waals surface area (Å²) in [7, 11) is 0. The lowest BCUT2D eigenvalue weighted by Crippen LogP contribution is -2.05. The number of aromatic nitrogens is 2. The zero-order chi connectivity index (χ0) is 15.6. The number of pyridine rings is 1. The summed E-state index contributed by atoms with van der Waals surface area (Å²) in [6.07, 6.45) is 1.76. The van der Waals surface area contributed by atoms with Crippen LogP contribution in [0.25, 0.3) is 31.9 Å². The monoisotopic (exact) mass is 316 g/mol. The van der Waals surface area contributed by atoms with E-state index >= 15 is 0 Å². The third-order valence-corrected chi connectivity index (χ3v) is 4.70. The Morgan fingerprint density at radius 1 is 0.826 bits per heavy atom. The van der Waals surface area contributed by atoms with Gasteiger partial charge in [0, 0.05) is 22.0 Å². The smallest absolute Gasteiger partial charge is 0.267 e. The van der Waals surface area contributed by atoms with Gasteiger partial charge in [0.05, 0.1) is 11.1 Å². The Kier molecular flexibility index (Phi) is 3.44. The van der Waals surface area contributed by atoms with Crippen LogP contribution in [0.3, 0.4) is 0 Å². The first kappa shape index (κ1) is 13.8. The first-order valence-corrected chi connectivity index (χ1v) is 8.05. The second-order valence-electron chi connectivity index (χ2n) is 5.12. The lowest BCUT2D eigenvalue weighted by molar-refractivity contribution is 1.29. The predicted molar refractivity (Wildman–Crippen MR) is 94.6 cm³/mol. The molecule has 2 aromatic heterocycles. The van der Waals surface area contributed by atoms with Crippen LogP contribution in [0, 0.1) is 0 Å². The Balaban J connectivity index is 1.87. The highest BCUT2D eigenvalue weighted by atomic mass is 32.1. The zero-order valence-electron chi connectivity index (χ0n) is 12.1. The SMILES string of the molecule is O=c1nc(-c2ccnc(-c3ccccc3)c2)sc2ccccc12. The number of hydrogen-bond acceptors (Lipinski definition) is 4. The highest BCUT2D eigenvalue weighted by Crippen LogP contribution is 2.28. The van der Waals surface area contributed by atoms with Gasteiger partial charge < -0.3 is 0 Å². The summed E-state index contributed by atoms with van der Waals surface area (Å²) in [6.45, 7) is 0. The fraction of sp³-hybridized carbons (Fsp3) is 0. The van der Waals surface area contributed by atoms with Gasteiger partial charge >= 0.3 is 0 Å². The fourth-order valence-electron chi connectivity index (χ4n) is 2.47. The Morgan fingerprint density at radius 3 is 2.48 bits per heavy atom. The van der Waals surface area contributed by atoms with E-state index in [1.54, 1.807) is 6.20 Å². The number of nitrogens with zero attached hydrogens (tertiary/aromatic N) is 2. The average molecular weight is 316 g/mol. The molecule has 0 spiro atoms. The van der Waals surface area contributed by atoms with Crippen molar-refractivity contribution in [1.29, 1.82) is 0 Å². The molecule has 110 valence electrons. The molecular formula is C19H12N2OS. The minimum atomic E-state index is -0.188. The van der Waals surface area contributed by atoms with Crippen molar-refractivity contribution in [3.05, 3.63) is 83.3 Å². The first-order chi connectivity index (χ1) is 11.3. The molecule has 2 aromatic carbocycles. The zero-order valence-corrected chi connectivity index (χ0v) is 13.0. The van der Waals surface area contributed by atoms with Gasteiger partial charge in [-0.05, 0) is 24.3 Å². The third-order valence-electron chi connectivity index (χ3n) is 3.60. The molecule has 0 fully saturated rings. The van der Waals surface area contributed by atoms with E-state index in [1.807, 2.05) is 66.7 Å². The molecule has 0 saturated heterocycles. The largest absolute Gasteiger partial charge is 0.279 e. The molecule has 0 unspecified atom stereocenters. The highest BCUT2D eigenvalue weighted by Gasteiger charge is 2.08. The van der Waals surface area contributed by atoms with Crippen LogP contribution in [0.5, 0.6) is 0 Å². The normalized spacial score (nSPS) is 10.8. The Morgan fingerprint density at radius 2 is 1.61 bits per heavy atom. The van der Waals surface area contributed by atoms with Crippen LogP contribution in [0.15, 0.2) is 77.7 Å². The van der Waals surface area contributed by atoms with Gasteiger partial charge in [-0.25, -0.2) is 0 Å². The lowest BCUT2D eigenvalue weighted by atomic mass is 10.1. The number of hydrogen-bond donors (Lipinski definition) is 0. The number of rotatable bonds is 2. The summed E-state index contributed by atoms with van der Waals surface area (Å²) in [4.78, 5) is 20.9. The maximum atomic E-state index is 12.2. The van der Waals surface area contributed by atoms with E-state index in [0.717, 1.165) is 21.5 Å². The van der Waals surface area contributed by atoms with E-state index in [0.29, 0.717) is 10.4 Å². The first-order valence-electron chi connectivity index (χ1n) is 7.23. The average Bonchev–Trinajstić information content (AvgIpc) is 2.62. The predicted octanol–water partition coefficient (Wildman–Crippen LogP) is 4.39. The standard InChI is InChI=1S/C19H12N2OS/c22-18-15-8-4-5-9-17(15)23-19(21-18)14-10-11-20-16(12-14)13-6-2-1-3-7-13/h1-12H. The van der Waals surface area contributed by atoms with Crippen molar-refractivity contribution in [2.45, 2.75) is 0 Å². The number of benzene rings is 2. The molecule has 0 aliphatic heterocycles. The van der Waals surface area contributed by atoms with Crippen molar-refractivity contribution in [1.82, 2.24) is 9.97 Å². The summed E-state index contributed by atoms with van der Waals surface area (Å²) < 4.78 is 0.945. The van der Waals surface area contributed by atoms with Crippen molar-refractivity contribution in [3.8, 4) is 21.8 Å². The molecule has 23 heavy (non-hydrogen) atoms. The van der Waals surface area contributed by atoms with Crippen LogP contribution in [-0.2, 0) is 0 Å². The summed E-state index contributed by atoms with van der Waals surface area (Å²) in [6, 6.07) is 21.4. The van der Waals surface area contributed by atoms with Gasteiger partial charge in [0.2, 0.25) is 0 Å². The van der Waals surface area contributed by atoms with Crippen LogP contribution in [-0.4, -0.2) is 9.97 Å². The van der Waals surface area contributed by atoms with E-state index in [9.17, 15) is 4.79 Å². The number of fused-ring (bicyclic) bond motifs is 1. The van der Waals surface area contributed by atoms with Crippen molar-refractivity contribution >= 4 is 21.4 Å². The van der Waals surface area contributed by atoms with E-state index in [2.05, 4.69) is 9.97 Å².